The second-order valence-corrected chi connectivity index (χ2v) is 9.43. The van der Waals surface area contributed by atoms with Crippen LogP contribution in [0.4, 0.5) is 4.39 Å². The first-order chi connectivity index (χ1) is 19.4. The molecule has 7 nitrogen and oxygen atoms in total. The van der Waals surface area contributed by atoms with E-state index in [0.717, 1.165) is 46.2 Å². The molecule has 0 radical (unpaired) electrons. The minimum Gasteiger partial charge on any atom is -0.494 e. The van der Waals surface area contributed by atoms with Gasteiger partial charge in [-0.1, -0.05) is 48.6 Å². The van der Waals surface area contributed by atoms with Crippen molar-refractivity contribution in [2.75, 3.05) is 13.2 Å². The van der Waals surface area contributed by atoms with Gasteiger partial charge < -0.3 is 24.3 Å². The second-order valence-electron chi connectivity index (χ2n) is 9.43. The lowest BCUT2D eigenvalue weighted by molar-refractivity contribution is -0.138. The zero-order valence-corrected chi connectivity index (χ0v) is 22.1. The molecule has 0 aliphatic rings. The third-order valence-electron chi connectivity index (χ3n) is 6.36. The van der Waals surface area contributed by atoms with E-state index in [-0.39, 0.29) is 18.8 Å². The number of para-hydroxylation sites is 1. The number of benzene rings is 3. The molecule has 4 aromatic rings. The number of carboxylic acids is 2. The summed E-state index contributed by atoms with van der Waals surface area (Å²) in [7, 11) is 0. The molecule has 0 fully saturated rings. The highest BCUT2D eigenvalue weighted by Crippen LogP contribution is 2.28. The largest absolute Gasteiger partial charge is 0.494 e. The van der Waals surface area contributed by atoms with Crippen LogP contribution in [0, 0.1) is 5.82 Å². The molecule has 40 heavy (non-hydrogen) atoms. The predicted octanol–water partition coefficient (Wildman–Crippen LogP) is 6.68. The first-order valence-electron chi connectivity index (χ1n) is 13.2. The summed E-state index contributed by atoms with van der Waals surface area (Å²) in [5, 5.41) is 19.3. The van der Waals surface area contributed by atoms with Crippen molar-refractivity contribution < 1.29 is 33.7 Å². The third-order valence-corrected chi connectivity index (χ3v) is 6.36. The first-order valence-corrected chi connectivity index (χ1v) is 13.2. The summed E-state index contributed by atoms with van der Waals surface area (Å²) in [4.78, 5) is 22.4. The monoisotopic (exact) mass is 545 g/mol. The van der Waals surface area contributed by atoms with Crippen molar-refractivity contribution in [2.24, 2.45) is 0 Å². The second kappa shape index (κ2) is 14.0. The molecular formula is C32H32FNO6. The quantitative estimate of drug-likeness (QED) is 0.128. The average Bonchev–Trinajstić information content (AvgIpc) is 3.27. The van der Waals surface area contributed by atoms with Gasteiger partial charge in [0.05, 0.1) is 18.7 Å². The molecule has 0 saturated carbocycles. The Bertz CT molecular complexity index is 1470. The number of fused-ring (bicyclic) bond motifs is 1. The van der Waals surface area contributed by atoms with Crippen molar-refractivity contribution in [3.8, 4) is 11.5 Å². The van der Waals surface area contributed by atoms with E-state index in [0.29, 0.717) is 31.8 Å². The number of aliphatic carboxylic acids is 2. The van der Waals surface area contributed by atoms with Gasteiger partial charge in [-0.25, -0.2) is 4.39 Å². The van der Waals surface area contributed by atoms with Gasteiger partial charge in [0, 0.05) is 24.1 Å². The third kappa shape index (κ3) is 8.20. The van der Waals surface area contributed by atoms with E-state index in [9.17, 15) is 19.1 Å². The Morgan fingerprint density at radius 1 is 0.825 bits per heavy atom. The number of rotatable bonds is 15. The highest BCUT2D eigenvalue weighted by molar-refractivity contribution is 5.94. The zero-order valence-electron chi connectivity index (χ0n) is 22.1. The summed E-state index contributed by atoms with van der Waals surface area (Å²) in [5.41, 5.74) is 3.59. The number of aryl methyl sites for hydroxylation is 1. The van der Waals surface area contributed by atoms with Crippen LogP contribution in [-0.2, 0) is 22.6 Å². The van der Waals surface area contributed by atoms with Gasteiger partial charge >= 0.3 is 11.9 Å². The van der Waals surface area contributed by atoms with Gasteiger partial charge in [0.1, 0.15) is 23.9 Å². The average molecular weight is 546 g/mol. The lowest BCUT2D eigenvalue weighted by Gasteiger charge is -2.08. The fraction of sp³-hybridized carbons (Fsp3) is 0.250. The van der Waals surface area contributed by atoms with E-state index in [4.69, 9.17) is 14.6 Å². The van der Waals surface area contributed by atoms with Gasteiger partial charge in [-0.3, -0.25) is 9.59 Å². The number of aromatic nitrogens is 1. The van der Waals surface area contributed by atoms with Gasteiger partial charge in [0.2, 0.25) is 0 Å². The lowest BCUT2D eigenvalue weighted by atomic mass is 10.0. The molecule has 0 amide bonds. The van der Waals surface area contributed by atoms with Crippen LogP contribution >= 0.6 is 0 Å². The number of ether oxygens (including phenoxy) is 2. The first kappa shape index (κ1) is 28.4. The number of unbranched alkanes of at least 4 members (excludes halogenated alkanes) is 1. The van der Waals surface area contributed by atoms with E-state index in [1.165, 1.54) is 12.1 Å². The van der Waals surface area contributed by atoms with E-state index < -0.39 is 11.9 Å². The fourth-order valence-corrected chi connectivity index (χ4v) is 4.50. The van der Waals surface area contributed by atoms with Crippen LogP contribution in [0.3, 0.4) is 0 Å². The number of hydrogen-bond acceptors (Lipinski definition) is 4. The van der Waals surface area contributed by atoms with Crippen LogP contribution in [0.15, 0.2) is 72.9 Å². The topological polar surface area (TPSA) is 98.0 Å². The van der Waals surface area contributed by atoms with Gasteiger partial charge in [-0.2, -0.15) is 0 Å². The summed E-state index contributed by atoms with van der Waals surface area (Å²) in [6, 6.07) is 19.6. The maximum Gasteiger partial charge on any atom is 0.323 e. The molecule has 208 valence electrons. The Kier molecular flexibility index (Phi) is 9.93. The number of hydrogen-bond donors (Lipinski definition) is 2. The molecule has 0 spiro atoms. The molecular weight excluding hydrogens is 513 g/mol. The molecule has 0 unspecified atom stereocenters. The highest BCUT2D eigenvalue weighted by atomic mass is 19.1. The summed E-state index contributed by atoms with van der Waals surface area (Å²) < 4.78 is 26.3. The Hall–Kier alpha value is -4.59. The summed E-state index contributed by atoms with van der Waals surface area (Å²) in [6.45, 7) is 0.852. The summed E-state index contributed by atoms with van der Waals surface area (Å²) in [6.07, 6.45) is 8.43. The number of halogens is 1. The minimum absolute atomic E-state index is 0.0654. The van der Waals surface area contributed by atoms with Crippen molar-refractivity contribution in [3.63, 3.8) is 0 Å². The van der Waals surface area contributed by atoms with Crippen molar-refractivity contribution in [1.82, 2.24) is 4.57 Å². The van der Waals surface area contributed by atoms with E-state index in [1.807, 2.05) is 60.8 Å². The Labute approximate surface area is 232 Å². The molecule has 4 rings (SSSR count). The highest BCUT2D eigenvalue weighted by Gasteiger charge is 2.13. The lowest BCUT2D eigenvalue weighted by Crippen LogP contribution is -2.07. The minimum atomic E-state index is -0.942. The van der Waals surface area contributed by atoms with Crippen molar-refractivity contribution in [2.45, 2.75) is 38.6 Å². The molecule has 0 bridgehead atoms. The molecule has 0 saturated heterocycles. The van der Waals surface area contributed by atoms with Crippen LogP contribution < -0.4 is 9.47 Å². The van der Waals surface area contributed by atoms with Crippen molar-refractivity contribution >= 4 is 35.0 Å². The number of nitrogens with zero attached hydrogens (tertiary/aromatic N) is 1. The molecule has 1 heterocycles. The molecule has 0 aliphatic carbocycles. The maximum atomic E-state index is 13.2. The van der Waals surface area contributed by atoms with Crippen molar-refractivity contribution in [1.29, 1.82) is 0 Å². The Balaban J connectivity index is 1.34. The zero-order chi connectivity index (χ0) is 28.3. The summed E-state index contributed by atoms with van der Waals surface area (Å²) in [5.74, 6) is -0.828. The van der Waals surface area contributed by atoms with Crippen LogP contribution in [0.2, 0.25) is 0 Å². The molecule has 8 heteroatoms. The molecule has 0 aliphatic heterocycles. The van der Waals surface area contributed by atoms with Gasteiger partial charge in [-0.15, -0.1) is 0 Å². The van der Waals surface area contributed by atoms with Gasteiger partial charge in [0.15, 0.2) is 0 Å². The fourth-order valence-electron chi connectivity index (χ4n) is 4.50. The SMILES string of the molecule is O=C(O)CCCc1cn(CC(=O)O)c2c(/C=C/c3ccc(OCCCCOc4cccc(F)c4)cc3)cccc12. The smallest absolute Gasteiger partial charge is 0.323 e. The molecule has 0 atom stereocenters. The van der Waals surface area contributed by atoms with E-state index in [2.05, 4.69) is 0 Å². The normalized spacial score (nSPS) is 11.2. The van der Waals surface area contributed by atoms with Crippen LogP contribution in [0.25, 0.3) is 23.1 Å². The molecule has 1 aromatic heterocycles. The van der Waals surface area contributed by atoms with Crippen molar-refractivity contribution in [3.05, 3.63) is 95.4 Å². The number of carbonyl (C=O) groups is 2. The van der Waals surface area contributed by atoms with E-state index >= 15 is 0 Å². The summed E-state index contributed by atoms with van der Waals surface area (Å²) >= 11 is 0. The predicted molar refractivity (Wildman–Crippen MR) is 152 cm³/mol. The molecule has 2 N–H and O–H groups in total. The molecule has 3 aromatic carbocycles. The van der Waals surface area contributed by atoms with Gasteiger partial charge in [0.25, 0.3) is 0 Å². The van der Waals surface area contributed by atoms with Crippen LogP contribution in [0.5, 0.6) is 11.5 Å². The van der Waals surface area contributed by atoms with Crippen LogP contribution in [0.1, 0.15) is 42.4 Å². The maximum absolute atomic E-state index is 13.2. The number of carboxylic acid groups (broad SMARTS) is 2. The Morgan fingerprint density at radius 2 is 1.55 bits per heavy atom. The Morgan fingerprint density at radius 3 is 2.25 bits per heavy atom. The van der Waals surface area contributed by atoms with Crippen LogP contribution in [-0.4, -0.2) is 39.9 Å². The van der Waals surface area contributed by atoms with E-state index in [1.54, 1.807) is 16.7 Å². The standard InChI is InChI=1S/C32H32FNO6/c33-26-8-5-9-28(20-26)40-19-2-1-18-39-27-16-13-23(14-17-27)12-15-24-6-3-10-29-25(7-4-11-30(35)36)21-34(32(24)29)22-31(37)38/h3,5-6,8-10,12-17,20-21H,1-2,4,7,11,18-19,22H2,(H,35,36)(H,37,38)/b15-12+. The van der Waals surface area contributed by atoms with Gasteiger partial charge in [-0.05, 0) is 66.6 Å².